The van der Waals surface area contributed by atoms with Gasteiger partial charge in [-0.15, -0.1) is 0 Å². The molecule has 0 spiro atoms. The standard InChI is InChI=1S/C12H17N3O3/c1-14-6-4-9(5-7-14)18-10-2-3-12(15(16)17)11(13)8-10/h2-3,8-9H,4-7,13H2,1H3. The molecule has 98 valence electrons. The van der Waals surface area contributed by atoms with Crippen molar-refractivity contribution in [1.82, 2.24) is 4.90 Å². The monoisotopic (exact) mass is 251 g/mol. The van der Waals surface area contributed by atoms with Crippen LogP contribution < -0.4 is 10.5 Å². The molecule has 0 aliphatic carbocycles. The maximum absolute atomic E-state index is 10.6. The van der Waals surface area contributed by atoms with Gasteiger partial charge in [0.2, 0.25) is 0 Å². The molecule has 2 N–H and O–H groups in total. The van der Waals surface area contributed by atoms with Crippen LogP contribution in [-0.4, -0.2) is 36.1 Å². The van der Waals surface area contributed by atoms with E-state index in [-0.39, 0.29) is 17.5 Å². The minimum Gasteiger partial charge on any atom is -0.490 e. The molecule has 0 bridgehead atoms. The molecule has 1 heterocycles. The van der Waals surface area contributed by atoms with Gasteiger partial charge in [-0.05, 0) is 26.0 Å². The Morgan fingerprint density at radius 2 is 2.11 bits per heavy atom. The second-order valence-corrected chi connectivity index (χ2v) is 4.60. The Bertz CT molecular complexity index is 442. The summed E-state index contributed by atoms with van der Waals surface area (Å²) in [6.45, 7) is 2.01. The van der Waals surface area contributed by atoms with Crippen molar-refractivity contribution in [3.05, 3.63) is 28.3 Å². The predicted molar refractivity (Wildman–Crippen MR) is 68.7 cm³/mol. The highest BCUT2D eigenvalue weighted by Gasteiger charge is 2.19. The number of nitrogens with two attached hydrogens (primary N) is 1. The molecule has 6 heteroatoms. The van der Waals surface area contributed by atoms with Crippen molar-refractivity contribution in [2.45, 2.75) is 18.9 Å². The number of nitro groups is 1. The molecule has 18 heavy (non-hydrogen) atoms. The topological polar surface area (TPSA) is 81.6 Å². The first-order valence-corrected chi connectivity index (χ1v) is 5.95. The summed E-state index contributed by atoms with van der Waals surface area (Å²) >= 11 is 0. The third kappa shape index (κ3) is 2.89. The van der Waals surface area contributed by atoms with Crippen molar-refractivity contribution < 1.29 is 9.66 Å². The number of nitrogen functional groups attached to an aromatic ring is 1. The molecule has 6 nitrogen and oxygen atoms in total. The zero-order valence-electron chi connectivity index (χ0n) is 10.3. The van der Waals surface area contributed by atoms with Crippen molar-refractivity contribution >= 4 is 11.4 Å². The number of likely N-dealkylation sites (tertiary alicyclic amines) is 1. The molecule has 0 amide bonds. The van der Waals surface area contributed by atoms with Crippen LogP contribution in [0.4, 0.5) is 11.4 Å². The van der Waals surface area contributed by atoms with Gasteiger partial charge in [0.15, 0.2) is 0 Å². The van der Waals surface area contributed by atoms with Gasteiger partial charge in [0.05, 0.1) is 4.92 Å². The van der Waals surface area contributed by atoms with E-state index < -0.39 is 4.92 Å². The Morgan fingerprint density at radius 3 is 2.67 bits per heavy atom. The summed E-state index contributed by atoms with van der Waals surface area (Å²) < 4.78 is 5.79. The Morgan fingerprint density at radius 1 is 1.44 bits per heavy atom. The summed E-state index contributed by atoms with van der Waals surface area (Å²) in [6.07, 6.45) is 2.10. The summed E-state index contributed by atoms with van der Waals surface area (Å²) in [7, 11) is 2.08. The molecule has 0 saturated carbocycles. The molecule has 2 rings (SSSR count). The number of anilines is 1. The molecule has 1 aromatic carbocycles. The van der Waals surface area contributed by atoms with Crippen LogP contribution in [0.15, 0.2) is 18.2 Å². The summed E-state index contributed by atoms with van der Waals surface area (Å²) in [4.78, 5) is 12.4. The number of benzene rings is 1. The predicted octanol–water partition coefficient (Wildman–Crippen LogP) is 1.65. The lowest BCUT2D eigenvalue weighted by Gasteiger charge is -2.29. The van der Waals surface area contributed by atoms with Crippen molar-refractivity contribution in [3.63, 3.8) is 0 Å². The van der Waals surface area contributed by atoms with E-state index in [0.29, 0.717) is 5.75 Å². The third-order valence-corrected chi connectivity index (χ3v) is 3.16. The smallest absolute Gasteiger partial charge is 0.292 e. The first-order chi connectivity index (χ1) is 8.56. The highest BCUT2D eigenvalue weighted by Crippen LogP contribution is 2.27. The fraction of sp³-hybridized carbons (Fsp3) is 0.500. The molecule has 1 aromatic rings. The van der Waals surface area contributed by atoms with E-state index in [1.807, 2.05) is 0 Å². The summed E-state index contributed by atoms with van der Waals surface area (Å²) in [6, 6.07) is 4.52. The number of hydrogen-bond acceptors (Lipinski definition) is 5. The van der Waals surface area contributed by atoms with Crippen LogP contribution in [0.5, 0.6) is 5.75 Å². The molecule has 1 saturated heterocycles. The zero-order valence-corrected chi connectivity index (χ0v) is 10.3. The maximum atomic E-state index is 10.6. The lowest BCUT2D eigenvalue weighted by molar-refractivity contribution is -0.383. The van der Waals surface area contributed by atoms with E-state index in [9.17, 15) is 10.1 Å². The van der Waals surface area contributed by atoms with Gasteiger partial charge >= 0.3 is 0 Å². The normalized spacial score (nSPS) is 17.6. The van der Waals surface area contributed by atoms with Gasteiger partial charge in [0, 0.05) is 25.2 Å². The average Bonchev–Trinajstić information content (AvgIpc) is 2.32. The van der Waals surface area contributed by atoms with Crippen molar-refractivity contribution in [2.24, 2.45) is 0 Å². The minimum absolute atomic E-state index is 0.0780. The molecular formula is C12H17N3O3. The Labute approximate surface area is 105 Å². The van der Waals surface area contributed by atoms with Crippen molar-refractivity contribution in [3.8, 4) is 5.75 Å². The van der Waals surface area contributed by atoms with Crippen molar-refractivity contribution in [2.75, 3.05) is 25.9 Å². The lowest BCUT2D eigenvalue weighted by Crippen LogP contribution is -2.35. The molecule has 0 unspecified atom stereocenters. The molecule has 0 aromatic heterocycles. The van der Waals surface area contributed by atoms with Gasteiger partial charge in [-0.2, -0.15) is 0 Å². The number of rotatable bonds is 3. The fourth-order valence-electron chi connectivity index (χ4n) is 2.07. The Balaban J connectivity index is 2.02. The number of ether oxygens (including phenoxy) is 1. The summed E-state index contributed by atoms with van der Waals surface area (Å²) in [5.41, 5.74) is 5.69. The van der Waals surface area contributed by atoms with Gasteiger partial charge in [-0.25, -0.2) is 0 Å². The molecular weight excluding hydrogens is 234 g/mol. The Hall–Kier alpha value is -1.82. The highest BCUT2D eigenvalue weighted by atomic mass is 16.6. The fourth-order valence-corrected chi connectivity index (χ4v) is 2.07. The van der Waals surface area contributed by atoms with Crippen LogP contribution in [0.2, 0.25) is 0 Å². The van der Waals surface area contributed by atoms with Crippen LogP contribution in [0.25, 0.3) is 0 Å². The SMILES string of the molecule is CN1CCC(Oc2ccc([N+](=O)[O-])c(N)c2)CC1. The van der Waals surface area contributed by atoms with Gasteiger partial charge < -0.3 is 15.4 Å². The van der Waals surface area contributed by atoms with E-state index in [0.717, 1.165) is 25.9 Å². The van der Waals surface area contributed by atoms with Gasteiger partial charge in [-0.3, -0.25) is 10.1 Å². The largest absolute Gasteiger partial charge is 0.490 e. The van der Waals surface area contributed by atoms with E-state index in [2.05, 4.69) is 11.9 Å². The average molecular weight is 251 g/mol. The van der Waals surface area contributed by atoms with Crippen LogP contribution in [-0.2, 0) is 0 Å². The van der Waals surface area contributed by atoms with Gasteiger partial charge in [-0.1, -0.05) is 0 Å². The maximum Gasteiger partial charge on any atom is 0.292 e. The van der Waals surface area contributed by atoms with E-state index >= 15 is 0 Å². The molecule has 1 fully saturated rings. The second kappa shape index (κ2) is 5.22. The van der Waals surface area contributed by atoms with E-state index in [1.165, 1.54) is 12.1 Å². The summed E-state index contributed by atoms with van der Waals surface area (Å²) in [5.74, 6) is 0.604. The molecule has 0 atom stereocenters. The highest BCUT2D eigenvalue weighted by molar-refractivity contribution is 5.60. The van der Waals surface area contributed by atoms with E-state index in [4.69, 9.17) is 10.5 Å². The number of nitro benzene ring substituents is 1. The van der Waals surface area contributed by atoms with Gasteiger partial charge in [0.1, 0.15) is 17.5 Å². The lowest BCUT2D eigenvalue weighted by atomic mass is 10.1. The number of hydrogen-bond donors (Lipinski definition) is 1. The second-order valence-electron chi connectivity index (χ2n) is 4.60. The Kier molecular flexibility index (Phi) is 3.66. The zero-order chi connectivity index (χ0) is 13.1. The first-order valence-electron chi connectivity index (χ1n) is 5.95. The minimum atomic E-state index is -0.491. The number of nitrogens with zero attached hydrogens (tertiary/aromatic N) is 2. The van der Waals surface area contributed by atoms with Crippen molar-refractivity contribution in [1.29, 1.82) is 0 Å². The quantitative estimate of drug-likeness (QED) is 0.502. The molecule has 1 aliphatic rings. The van der Waals surface area contributed by atoms with E-state index in [1.54, 1.807) is 6.07 Å². The number of piperidine rings is 1. The summed E-state index contributed by atoms with van der Waals surface area (Å²) in [5, 5.41) is 10.6. The molecule has 0 radical (unpaired) electrons. The van der Waals surface area contributed by atoms with Crippen LogP contribution in [0.3, 0.4) is 0 Å². The van der Waals surface area contributed by atoms with Crippen LogP contribution >= 0.6 is 0 Å². The van der Waals surface area contributed by atoms with Crippen LogP contribution in [0, 0.1) is 10.1 Å². The third-order valence-electron chi connectivity index (χ3n) is 3.16. The van der Waals surface area contributed by atoms with Gasteiger partial charge in [0.25, 0.3) is 5.69 Å². The molecule has 1 aliphatic heterocycles. The van der Waals surface area contributed by atoms with Crippen LogP contribution in [0.1, 0.15) is 12.8 Å². The first kappa shape index (κ1) is 12.6.